The third-order valence-corrected chi connectivity index (χ3v) is 3.52. The average Bonchev–Trinajstić information content (AvgIpc) is 2.46. The quantitative estimate of drug-likeness (QED) is 0.893. The van der Waals surface area contributed by atoms with Crippen LogP contribution < -0.4 is 10.6 Å². The highest BCUT2D eigenvalue weighted by Gasteiger charge is 2.19. The molecule has 1 aliphatic rings. The molecule has 1 aliphatic heterocycles. The van der Waals surface area contributed by atoms with E-state index >= 15 is 0 Å². The van der Waals surface area contributed by atoms with Gasteiger partial charge in [-0.2, -0.15) is 0 Å². The molecule has 2 aromatic rings. The van der Waals surface area contributed by atoms with Crippen LogP contribution in [0.1, 0.15) is 23.1 Å². The molecule has 0 unspecified atom stereocenters. The molecule has 0 fully saturated rings. The molecule has 0 radical (unpaired) electrons. The number of nitrogens with two attached hydrogens (primary N) is 1. The number of nitrogens with zero attached hydrogens (tertiary/aromatic N) is 3. The molecule has 4 heteroatoms. The summed E-state index contributed by atoms with van der Waals surface area (Å²) in [6, 6.07) is 6.57. The fourth-order valence-electron chi connectivity index (χ4n) is 2.53. The molecule has 3 rings (SSSR count). The zero-order valence-corrected chi connectivity index (χ0v) is 11.1. The minimum absolute atomic E-state index is 0.482. The second kappa shape index (κ2) is 4.97. The van der Waals surface area contributed by atoms with E-state index in [0.717, 1.165) is 30.9 Å². The topological polar surface area (TPSA) is 55.0 Å². The van der Waals surface area contributed by atoms with Crippen LogP contribution in [-0.4, -0.2) is 16.5 Å². The predicted molar refractivity (Wildman–Crippen MR) is 76.4 cm³/mol. The van der Waals surface area contributed by atoms with E-state index in [9.17, 15) is 0 Å². The van der Waals surface area contributed by atoms with Crippen LogP contribution in [0.5, 0.6) is 0 Å². The average molecular weight is 254 g/mol. The molecule has 0 spiro atoms. The normalized spacial score (nSPS) is 14.3. The van der Waals surface area contributed by atoms with Gasteiger partial charge in [-0.3, -0.25) is 0 Å². The van der Waals surface area contributed by atoms with Crippen molar-refractivity contribution in [3.05, 3.63) is 47.3 Å². The van der Waals surface area contributed by atoms with Crippen LogP contribution in [0.15, 0.2) is 30.6 Å². The Bertz CT molecular complexity index is 577. The highest BCUT2D eigenvalue weighted by atomic mass is 15.3. The van der Waals surface area contributed by atoms with Gasteiger partial charge in [0.2, 0.25) is 5.95 Å². The van der Waals surface area contributed by atoms with Gasteiger partial charge in [0.15, 0.2) is 0 Å². The number of rotatable bonds is 2. The summed E-state index contributed by atoms with van der Waals surface area (Å²) in [6.07, 6.45) is 5.89. The summed E-state index contributed by atoms with van der Waals surface area (Å²) in [5.41, 5.74) is 10.5. The highest BCUT2D eigenvalue weighted by molar-refractivity contribution is 5.64. The Morgan fingerprint density at radius 2 is 2.05 bits per heavy atom. The molecule has 1 aromatic carbocycles. The summed E-state index contributed by atoms with van der Waals surface area (Å²) >= 11 is 0. The summed E-state index contributed by atoms with van der Waals surface area (Å²) in [6.45, 7) is 3.58. The summed E-state index contributed by atoms with van der Waals surface area (Å²) in [4.78, 5) is 11.1. The van der Waals surface area contributed by atoms with Crippen LogP contribution in [0.3, 0.4) is 0 Å². The highest BCUT2D eigenvalue weighted by Crippen LogP contribution is 2.31. The van der Waals surface area contributed by atoms with Crippen LogP contribution >= 0.6 is 0 Å². The lowest BCUT2D eigenvalue weighted by Gasteiger charge is -2.29. The molecule has 0 amide bonds. The third-order valence-electron chi connectivity index (χ3n) is 3.52. The van der Waals surface area contributed by atoms with Gasteiger partial charge in [-0.25, -0.2) is 9.97 Å². The lowest BCUT2D eigenvalue weighted by atomic mass is 10.00. The maximum Gasteiger partial charge on any atom is 0.229 e. The number of fused-ring (bicyclic) bond motifs is 1. The van der Waals surface area contributed by atoms with Crippen LogP contribution in [0.2, 0.25) is 0 Å². The summed E-state index contributed by atoms with van der Waals surface area (Å²) in [5.74, 6) is 0.766. The van der Waals surface area contributed by atoms with Crippen molar-refractivity contribution in [1.29, 1.82) is 0 Å². The van der Waals surface area contributed by atoms with Crippen molar-refractivity contribution in [1.82, 2.24) is 9.97 Å². The number of aromatic nitrogens is 2. The number of benzene rings is 1. The van der Waals surface area contributed by atoms with Gasteiger partial charge in [-0.15, -0.1) is 0 Å². The molecule has 0 aliphatic carbocycles. The fraction of sp³-hybridized carbons (Fsp3) is 0.333. The fourth-order valence-corrected chi connectivity index (χ4v) is 2.53. The van der Waals surface area contributed by atoms with Gasteiger partial charge < -0.3 is 10.6 Å². The first kappa shape index (κ1) is 12.1. The lowest BCUT2D eigenvalue weighted by Crippen LogP contribution is -2.26. The van der Waals surface area contributed by atoms with Gasteiger partial charge >= 0.3 is 0 Å². The molecule has 98 valence electrons. The number of hydrogen-bond acceptors (Lipinski definition) is 4. The van der Waals surface area contributed by atoms with Crippen molar-refractivity contribution in [3.8, 4) is 0 Å². The molecule has 19 heavy (non-hydrogen) atoms. The van der Waals surface area contributed by atoms with Gasteiger partial charge in [-0.1, -0.05) is 17.7 Å². The van der Waals surface area contributed by atoms with E-state index in [0.29, 0.717) is 6.54 Å². The molecule has 0 atom stereocenters. The number of hydrogen-bond donors (Lipinski definition) is 1. The number of aryl methyl sites for hydroxylation is 2. The van der Waals surface area contributed by atoms with Gasteiger partial charge in [0.05, 0.1) is 0 Å². The molecular formula is C15H18N4. The van der Waals surface area contributed by atoms with Crippen molar-refractivity contribution >= 4 is 11.6 Å². The molecule has 2 N–H and O–H groups in total. The maximum atomic E-state index is 5.58. The van der Waals surface area contributed by atoms with E-state index < -0.39 is 0 Å². The Hall–Kier alpha value is -1.94. The first-order chi connectivity index (χ1) is 9.28. The van der Waals surface area contributed by atoms with Crippen molar-refractivity contribution < 1.29 is 0 Å². The van der Waals surface area contributed by atoms with Gasteiger partial charge in [-0.05, 0) is 31.4 Å². The van der Waals surface area contributed by atoms with Crippen molar-refractivity contribution in [2.24, 2.45) is 5.73 Å². The van der Waals surface area contributed by atoms with Crippen molar-refractivity contribution in [2.75, 3.05) is 11.4 Å². The Morgan fingerprint density at radius 1 is 1.26 bits per heavy atom. The minimum atomic E-state index is 0.482. The third kappa shape index (κ3) is 2.31. The van der Waals surface area contributed by atoms with Gasteiger partial charge in [0.25, 0.3) is 0 Å². The number of anilines is 2. The molecule has 4 nitrogen and oxygen atoms in total. The first-order valence-corrected chi connectivity index (χ1v) is 6.66. The summed E-state index contributed by atoms with van der Waals surface area (Å²) in [5, 5.41) is 0. The van der Waals surface area contributed by atoms with E-state index in [1.54, 1.807) is 0 Å². The Labute approximate surface area is 113 Å². The second-order valence-corrected chi connectivity index (χ2v) is 4.98. The Kier molecular flexibility index (Phi) is 3.17. The molecule has 0 saturated heterocycles. The van der Waals surface area contributed by atoms with E-state index in [1.165, 1.54) is 16.8 Å². The van der Waals surface area contributed by atoms with E-state index in [4.69, 9.17) is 5.73 Å². The zero-order chi connectivity index (χ0) is 13.2. The van der Waals surface area contributed by atoms with Crippen molar-refractivity contribution in [2.45, 2.75) is 26.3 Å². The van der Waals surface area contributed by atoms with Gasteiger partial charge in [0.1, 0.15) is 0 Å². The first-order valence-electron chi connectivity index (χ1n) is 6.66. The molecule has 0 saturated carbocycles. The van der Waals surface area contributed by atoms with Crippen LogP contribution in [0.25, 0.3) is 0 Å². The molecule has 0 bridgehead atoms. The molecule has 2 heterocycles. The van der Waals surface area contributed by atoms with E-state index in [1.807, 2.05) is 12.4 Å². The van der Waals surface area contributed by atoms with Crippen molar-refractivity contribution in [3.63, 3.8) is 0 Å². The Balaban J connectivity index is 1.98. The predicted octanol–water partition coefficient (Wildman–Crippen LogP) is 2.33. The second-order valence-electron chi connectivity index (χ2n) is 4.98. The van der Waals surface area contributed by atoms with E-state index in [-0.39, 0.29) is 0 Å². The smallest absolute Gasteiger partial charge is 0.229 e. The van der Waals surface area contributed by atoms with Gasteiger partial charge in [0, 0.05) is 36.7 Å². The SMILES string of the molecule is Cc1ccc2c(c1)CCCN2c1ncc(CN)cn1. The lowest BCUT2D eigenvalue weighted by molar-refractivity contribution is 0.748. The maximum absolute atomic E-state index is 5.58. The Morgan fingerprint density at radius 3 is 2.79 bits per heavy atom. The standard InChI is InChI=1S/C15H18N4/c1-11-4-5-14-13(7-11)3-2-6-19(14)15-17-9-12(8-16)10-18-15/h4-5,7,9-10H,2-3,6,8,16H2,1H3. The van der Waals surface area contributed by atoms with Crippen LogP contribution in [0, 0.1) is 6.92 Å². The largest absolute Gasteiger partial charge is 0.326 e. The van der Waals surface area contributed by atoms with E-state index in [2.05, 4.69) is 40.0 Å². The minimum Gasteiger partial charge on any atom is -0.326 e. The summed E-state index contributed by atoms with van der Waals surface area (Å²) < 4.78 is 0. The molecular weight excluding hydrogens is 236 g/mol. The molecule has 1 aromatic heterocycles. The summed E-state index contributed by atoms with van der Waals surface area (Å²) in [7, 11) is 0. The van der Waals surface area contributed by atoms with Crippen LogP contribution in [-0.2, 0) is 13.0 Å². The van der Waals surface area contributed by atoms with Crippen LogP contribution in [0.4, 0.5) is 11.6 Å². The zero-order valence-electron chi connectivity index (χ0n) is 11.1. The monoisotopic (exact) mass is 254 g/mol.